The van der Waals surface area contributed by atoms with Gasteiger partial charge in [-0.25, -0.2) is 4.79 Å². The zero-order chi connectivity index (χ0) is 33.1. The van der Waals surface area contributed by atoms with E-state index in [1.165, 1.54) is 0 Å². The van der Waals surface area contributed by atoms with Crippen LogP contribution in [0.25, 0.3) is 0 Å². The van der Waals surface area contributed by atoms with Gasteiger partial charge in [-0.15, -0.1) is 0 Å². The minimum atomic E-state index is -2.51. The number of hydrogen-bond donors (Lipinski definition) is 0. The number of esters is 1. The fourth-order valence-corrected chi connectivity index (χ4v) is 12.7. The Balaban J connectivity index is 1.49. The van der Waals surface area contributed by atoms with E-state index < -0.39 is 44.3 Å². The topological polar surface area (TPSA) is 88.1 Å². The summed E-state index contributed by atoms with van der Waals surface area (Å²) in [5, 5.41) is 0. The zero-order valence-electron chi connectivity index (χ0n) is 28.7. The number of ether oxygens (including phenoxy) is 3. The minimum absolute atomic E-state index is 0.118. The van der Waals surface area contributed by atoms with Crippen molar-refractivity contribution >= 4 is 26.4 Å². The van der Waals surface area contributed by atoms with Crippen LogP contribution in [0.3, 0.4) is 0 Å². The van der Waals surface area contributed by atoms with Gasteiger partial charge in [0.2, 0.25) is 5.78 Å². The van der Waals surface area contributed by atoms with Gasteiger partial charge in [0, 0.05) is 5.41 Å². The van der Waals surface area contributed by atoms with E-state index in [9.17, 15) is 9.59 Å². The standard InChI is InChI=1S/C38H52O7Si/c1-8-46(9-2,10-3)45-38-30-26(22-39)16-17-28-31-27(24(4)5)18-19-36(31,6)20-21-37(28,7)33(30)44-35(38)42-23-29(32(38)40)43-34(41)25-14-12-11-13-15-25/h11-16,22,24,28-30,33,35H,8-10,17-21,23H2,1-7H3/t28-,29-,30-,33+,35+,36-,37-,38-/m1/s1. The normalized spacial score (nSPS) is 37.2. The second-order valence-electron chi connectivity index (χ2n) is 15.2. The number of aldehydes is 1. The average molecular weight is 649 g/mol. The molecule has 1 aromatic carbocycles. The predicted molar refractivity (Wildman–Crippen MR) is 179 cm³/mol. The van der Waals surface area contributed by atoms with Crippen LogP contribution in [0.2, 0.25) is 18.1 Å². The number of benzene rings is 1. The highest BCUT2D eigenvalue weighted by molar-refractivity contribution is 6.73. The van der Waals surface area contributed by atoms with Crippen LogP contribution in [0.4, 0.5) is 0 Å². The van der Waals surface area contributed by atoms with Gasteiger partial charge < -0.3 is 18.6 Å². The third-order valence-corrected chi connectivity index (χ3v) is 17.4. The molecule has 1 aromatic rings. The maximum atomic E-state index is 15.1. The molecule has 2 heterocycles. The highest BCUT2D eigenvalue weighted by Gasteiger charge is 2.73. The number of rotatable bonds is 9. The first-order valence-electron chi connectivity index (χ1n) is 17.6. The monoisotopic (exact) mass is 648 g/mol. The molecule has 0 radical (unpaired) electrons. The maximum Gasteiger partial charge on any atom is 0.338 e. The fraction of sp³-hybridized carbons (Fsp3) is 0.658. The summed E-state index contributed by atoms with van der Waals surface area (Å²) in [4.78, 5) is 41.5. The van der Waals surface area contributed by atoms with E-state index in [0.717, 1.165) is 56.5 Å². The van der Waals surface area contributed by atoms with E-state index in [4.69, 9.17) is 18.6 Å². The molecule has 0 aromatic heterocycles. The third-order valence-electron chi connectivity index (χ3n) is 12.8. The molecular formula is C38H52O7Si. The number of fused-ring (bicyclic) bond motifs is 7. The van der Waals surface area contributed by atoms with Crippen LogP contribution >= 0.6 is 0 Å². The lowest BCUT2D eigenvalue weighted by Crippen LogP contribution is -2.67. The van der Waals surface area contributed by atoms with E-state index in [2.05, 4.69) is 54.5 Å². The first kappa shape index (κ1) is 33.5. The van der Waals surface area contributed by atoms with Crippen molar-refractivity contribution in [2.24, 2.45) is 28.6 Å². The summed E-state index contributed by atoms with van der Waals surface area (Å²) < 4.78 is 26.7. The molecular weight excluding hydrogens is 596 g/mol. The molecule has 7 nitrogen and oxygen atoms in total. The van der Waals surface area contributed by atoms with Gasteiger partial charge in [0.25, 0.3) is 0 Å². The van der Waals surface area contributed by atoms with Crippen LogP contribution in [0, 0.1) is 28.6 Å². The van der Waals surface area contributed by atoms with Gasteiger partial charge in [0.1, 0.15) is 6.29 Å². The molecule has 6 rings (SSSR count). The van der Waals surface area contributed by atoms with E-state index in [1.54, 1.807) is 35.4 Å². The van der Waals surface area contributed by atoms with Gasteiger partial charge in [0.05, 0.1) is 24.2 Å². The molecule has 2 saturated heterocycles. The summed E-state index contributed by atoms with van der Waals surface area (Å²) in [6.07, 6.45) is 5.30. The maximum absolute atomic E-state index is 15.1. The summed E-state index contributed by atoms with van der Waals surface area (Å²) in [5.41, 5.74) is 2.20. The van der Waals surface area contributed by atoms with Crippen molar-refractivity contribution in [3.05, 3.63) is 58.7 Å². The van der Waals surface area contributed by atoms with E-state index in [0.29, 0.717) is 17.1 Å². The first-order chi connectivity index (χ1) is 21.9. The lowest BCUT2D eigenvalue weighted by atomic mass is 9.53. The minimum Gasteiger partial charge on any atom is -0.448 e. The molecule has 5 aliphatic rings. The molecule has 0 bridgehead atoms. The number of ketones is 1. The van der Waals surface area contributed by atoms with Crippen LogP contribution in [-0.2, 0) is 28.2 Å². The Labute approximate surface area is 275 Å². The van der Waals surface area contributed by atoms with E-state index in [1.807, 2.05) is 6.07 Å². The molecule has 0 N–H and O–H groups in total. The third kappa shape index (κ3) is 4.96. The van der Waals surface area contributed by atoms with Gasteiger partial charge in [-0.3, -0.25) is 9.59 Å². The lowest BCUT2D eigenvalue weighted by Gasteiger charge is -2.53. The van der Waals surface area contributed by atoms with E-state index in [-0.39, 0.29) is 29.1 Å². The highest BCUT2D eigenvalue weighted by atomic mass is 28.4. The van der Waals surface area contributed by atoms with Gasteiger partial charge in [-0.1, -0.05) is 83.9 Å². The molecule has 3 fully saturated rings. The van der Waals surface area contributed by atoms with Crippen LogP contribution in [0.15, 0.2) is 53.1 Å². The van der Waals surface area contributed by atoms with Crippen molar-refractivity contribution in [2.45, 2.75) is 123 Å². The Bertz CT molecular complexity index is 1420. The summed E-state index contributed by atoms with van der Waals surface area (Å²) in [7, 11) is -2.51. The Kier molecular flexibility index (Phi) is 8.92. The zero-order valence-corrected chi connectivity index (χ0v) is 29.7. The smallest absolute Gasteiger partial charge is 0.338 e. The van der Waals surface area contributed by atoms with E-state index >= 15 is 4.79 Å². The van der Waals surface area contributed by atoms with Crippen molar-refractivity contribution < 1.29 is 33.0 Å². The molecule has 8 heteroatoms. The molecule has 3 aliphatic carbocycles. The Morgan fingerprint density at radius 2 is 1.76 bits per heavy atom. The number of carbonyl (C=O) groups is 3. The lowest BCUT2D eigenvalue weighted by molar-refractivity contribution is -0.237. The largest absolute Gasteiger partial charge is 0.448 e. The van der Waals surface area contributed by atoms with Gasteiger partial charge in [-0.05, 0) is 85.2 Å². The molecule has 46 heavy (non-hydrogen) atoms. The van der Waals surface area contributed by atoms with Gasteiger partial charge in [0.15, 0.2) is 26.3 Å². The van der Waals surface area contributed by atoms with Gasteiger partial charge >= 0.3 is 5.97 Å². The summed E-state index contributed by atoms with van der Waals surface area (Å²) in [5.74, 6) is -0.964. The second-order valence-corrected chi connectivity index (χ2v) is 19.9. The second kappa shape index (κ2) is 12.2. The van der Waals surface area contributed by atoms with Crippen molar-refractivity contribution in [1.29, 1.82) is 0 Å². The van der Waals surface area contributed by atoms with Crippen LogP contribution in [0.5, 0.6) is 0 Å². The number of hydrogen-bond acceptors (Lipinski definition) is 7. The molecule has 0 amide bonds. The SMILES string of the molecule is CC[Si](CC)(CC)O[C@]12C(=O)[C@H](OC(=O)c3ccccc3)CO[C@H]1O[C@H]1[C@H]2C(C=O)=CC[C@@H]2C3=C(C(C)C)CC[C@]3(C)CC[C@]21C. The summed E-state index contributed by atoms with van der Waals surface area (Å²) in [6.45, 7) is 15.6. The van der Waals surface area contributed by atoms with Crippen LogP contribution in [0.1, 0.15) is 90.9 Å². The Morgan fingerprint density at radius 1 is 1.07 bits per heavy atom. The Morgan fingerprint density at radius 3 is 2.39 bits per heavy atom. The molecule has 8 atom stereocenters. The number of Topliss-reactive ketones (excluding diaryl/α,β-unsaturated/α-hetero) is 1. The average Bonchev–Trinajstić information content (AvgIpc) is 3.56. The first-order valence-corrected chi connectivity index (χ1v) is 20.1. The van der Waals surface area contributed by atoms with Crippen molar-refractivity contribution in [1.82, 2.24) is 0 Å². The molecule has 250 valence electrons. The molecule has 2 aliphatic heterocycles. The highest BCUT2D eigenvalue weighted by Crippen LogP contribution is 2.67. The molecule has 0 spiro atoms. The quantitative estimate of drug-likeness (QED) is 0.118. The fourth-order valence-electron chi connectivity index (χ4n) is 9.77. The Hall–Kier alpha value is -2.39. The van der Waals surface area contributed by atoms with Crippen LogP contribution in [-0.4, -0.2) is 57.1 Å². The van der Waals surface area contributed by atoms with Crippen molar-refractivity contribution in [2.75, 3.05) is 6.61 Å². The van der Waals surface area contributed by atoms with Gasteiger partial charge in [-0.2, -0.15) is 0 Å². The molecule has 0 unspecified atom stereocenters. The predicted octanol–water partition coefficient (Wildman–Crippen LogP) is 7.61. The number of carbonyl (C=O) groups excluding carboxylic acids is 3. The van der Waals surface area contributed by atoms with Crippen molar-refractivity contribution in [3.63, 3.8) is 0 Å². The van der Waals surface area contributed by atoms with Crippen molar-refractivity contribution in [3.8, 4) is 0 Å². The molecule has 1 saturated carbocycles. The summed E-state index contributed by atoms with van der Waals surface area (Å²) >= 11 is 0. The summed E-state index contributed by atoms with van der Waals surface area (Å²) in [6, 6.07) is 11.1. The van der Waals surface area contributed by atoms with Crippen LogP contribution < -0.4 is 0 Å². The number of allylic oxidation sites excluding steroid dienone is 3.